The molecule has 0 aliphatic heterocycles. The van der Waals surface area contributed by atoms with Crippen LogP contribution in [-0.2, 0) is 0 Å². The third kappa shape index (κ3) is 1.92. The third-order valence-electron chi connectivity index (χ3n) is 3.99. The highest BCUT2D eigenvalue weighted by atomic mass is 32.1. The number of pyridine rings is 3. The molecule has 0 aliphatic carbocycles. The Morgan fingerprint density at radius 2 is 1.65 bits per heavy atom. The van der Waals surface area contributed by atoms with E-state index in [4.69, 9.17) is 4.98 Å². The van der Waals surface area contributed by atoms with E-state index >= 15 is 0 Å². The van der Waals surface area contributed by atoms with Gasteiger partial charge in [-0.15, -0.1) is 11.3 Å². The molecular formula is C19H11N3S. The van der Waals surface area contributed by atoms with Crippen molar-refractivity contribution in [2.24, 2.45) is 0 Å². The molecule has 0 spiro atoms. The van der Waals surface area contributed by atoms with Crippen LogP contribution in [0.15, 0.2) is 67.0 Å². The van der Waals surface area contributed by atoms with Gasteiger partial charge >= 0.3 is 0 Å². The van der Waals surface area contributed by atoms with Crippen LogP contribution in [0.25, 0.3) is 42.6 Å². The van der Waals surface area contributed by atoms with Gasteiger partial charge in [0.25, 0.3) is 0 Å². The smallest absolute Gasteiger partial charge is 0.0979 e. The predicted molar refractivity (Wildman–Crippen MR) is 95.7 cm³/mol. The molecule has 108 valence electrons. The molecule has 4 heteroatoms. The van der Waals surface area contributed by atoms with Crippen LogP contribution in [0.4, 0.5) is 0 Å². The maximum absolute atomic E-state index is 4.76. The SMILES string of the molecule is c1cnc2ccc(-c3nccc4sc5ccccc5c34)nc2c1. The number of hydrogen-bond donors (Lipinski definition) is 0. The molecule has 0 saturated carbocycles. The van der Waals surface area contributed by atoms with E-state index in [0.29, 0.717) is 0 Å². The summed E-state index contributed by atoms with van der Waals surface area (Å²) < 4.78 is 2.52. The Hall–Kier alpha value is -2.85. The Bertz CT molecular complexity index is 1180. The van der Waals surface area contributed by atoms with Crippen LogP contribution in [-0.4, -0.2) is 15.0 Å². The molecule has 23 heavy (non-hydrogen) atoms. The van der Waals surface area contributed by atoms with E-state index in [2.05, 4.69) is 40.3 Å². The van der Waals surface area contributed by atoms with Crippen LogP contribution < -0.4 is 0 Å². The molecule has 0 radical (unpaired) electrons. The van der Waals surface area contributed by atoms with Gasteiger partial charge in [0.05, 0.1) is 22.4 Å². The van der Waals surface area contributed by atoms with Crippen molar-refractivity contribution in [2.45, 2.75) is 0 Å². The topological polar surface area (TPSA) is 38.7 Å². The van der Waals surface area contributed by atoms with Gasteiger partial charge in [0.15, 0.2) is 0 Å². The van der Waals surface area contributed by atoms with Crippen molar-refractivity contribution in [1.82, 2.24) is 15.0 Å². The van der Waals surface area contributed by atoms with Crippen LogP contribution in [0.3, 0.4) is 0 Å². The Kier molecular flexibility index (Phi) is 2.66. The molecule has 4 aromatic heterocycles. The van der Waals surface area contributed by atoms with Crippen LogP contribution in [0.1, 0.15) is 0 Å². The fourth-order valence-corrected chi connectivity index (χ4v) is 4.05. The van der Waals surface area contributed by atoms with Crippen molar-refractivity contribution >= 4 is 42.5 Å². The summed E-state index contributed by atoms with van der Waals surface area (Å²) in [7, 11) is 0. The number of benzene rings is 1. The lowest BCUT2D eigenvalue weighted by atomic mass is 10.1. The normalized spacial score (nSPS) is 11.5. The zero-order valence-corrected chi connectivity index (χ0v) is 12.9. The molecule has 5 rings (SSSR count). The lowest BCUT2D eigenvalue weighted by Gasteiger charge is -2.04. The van der Waals surface area contributed by atoms with Crippen LogP contribution in [0, 0.1) is 0 Å². The quantitative estimate of drug-likeness (QED) is 0.434. The van der Waals surface area contributed by atoms with E-state index < -0.39 is 0 Å². The van der Waals surface area contributed by atoms with Crippen molar-refractivity contribution in [3.05, 3.63) is 67.0 Å². The van der Waals surface area contributed by atoms with Gasteiger partial charge in [0.2, 0.25) is 0 Å². The Balaban J connectivity index is 1.87. The molecule has 0 N–H and O–H groups in total. The minimum atomic E-state index is 0.889. The number of nitrogens with zero attached hydrogens (tertiary/aromatic N) is 3. The summed E-state index contributed by atoms with van der Waals surface area (Å²) in [5.41, 5.74) is 3.62. The standard InChI is InChI=1S/C19H11N3S/c1-2-6-16-12(4-1)18-17(23-16)9-11-21-19(18)15-8-7-13-14(22-15)5-3-10-20-13/h1-11H. The fraction of sp³-hybridized carbons (Fsp3) is 0. The Morgan fingerprint density at radius 1 is 0.696 bits per heavy atom. The summed E-state index contributed by atoms with van der Waals surface area (Å²) in [4.78, 5) is 13.7. The average Bonchev–Trinajstić information content (AvgIpc) is 3.00. The lowest BCUT2D eigenvalue weighted by Crippen LogP contribution is -1.90. The fourth-order valence-electron chi connectivity index (χ4n) is 2.95. The molecule has 0 atom stereocenters. The summed E-state index contributed by atoms with van der Waals surface area (Å²) in [6.45, 7) is 0. The predicted octanol–water partition coefficient (Wildman–Crippen LogP) is 5.06. The first-order valence-electron chi connectivity index (χ1n) is 7.38. The number of rotatable bonds is 1. The van der Waals surface area contributed by atoms with Gasteiger partial charge in [-0.3, -0.25) is 9.97 Å². The number of thiophene rings is 1. The minimum Gasteiger partial charge on any atom is -0.255 e. The minimum absolute atomic E-state index is 0.889. The molecule has 0 fully saturated rings. The number of hydrogen-bond acceptors (Lipinski definition) is 4. The van der Waals surface area contributed by atoms with E-state index in [0.717, 1.165) is 22.4 Å². The van der Waals surface area contributed by atoms with Crippen LogP contribution >= 0.6 is 11.3 Å². The van der Waals surface area contributed by atoms with E-state index in [1.165, 1.54) is 20.2 Å². The zero-order valence-electron chi connectivity index (χ0n) is 12.1. The second kappa shape index (κ2) is 4.83. The van der Waals surface area contributed by atoms with E-state index in [1.54, 1.807) is 17.5 Å². The van der Waals surface area contributed by atoms with Crippen molar-refractivity contribution in [2.75, 3.05) is 0 Å². The third-order valence-corrected chi connectivity index (χ3v) is 5.12. The molecule has 1 aromatic carbocycles. The Morgan fingerprint density at radius 3 is 2.65 bits per heavy atom. The van der Waals surface area contributed by atoms with Gasteiger partial charge in [-0.1, -0.05) is 18.2 Å². The average molecular weight is 313 g/mol. The first kappa shape index (κ1) is 12.7. The van der Waals surface area contributed by atoms with Gasteiger partial charge < -0.3 is 0 Å². The van der Waals surface area contributed by atoms with Crippen molar-refractivity contribution in [3.63, 3.8) is 0 Å². The molecule has 0 saturated heterocycles. The molecule has 4 heterocycles. The van der Waals surface area contributed by atoms with E-state index in [9.17, 15) is 0 Å². The monoisotopic (exact) mass is 313 g/mol. The molecule has 5 aromatic rings. The summed E-state index contributed by atoms with van der Waals surface area (Å²) in [5, 5.41) is 2.42. The second-order valence-corrected chi connectivity index (χ2v) is 6.45. The van der Waals surface area contributed by atoms with Gasteiger partial charge in [-0.2, -0.15) is 0 Å². The highest BCUT2D eigenvalue weighted by molar-refractivity contribution is 7.25. The maximum Gasteiger partial charge on any atom is 0.0979 e. The first-order valence-corrected chi connectivity index (χ1v) is 8.20. The molecule has 3 nitrogen and oxygen atoms in total. The molecule has 0 unspecified atom stereocenters. The summed E-state index contributed by atoms with van der Waals surface area (Å²) in [6, 6.07) is 18.4. The van der Waals surface area contributed by atoms with Gasteiger partial charge in [0.1, 0.15) is 0 Å². The molecule has 0 aliphatic rings. The van der Waals surface area contributed by atoms with Gasteiger partial charge in [0, 0.05) is 32.6 Å². The van der Waals surface area contributed by atoms with Crippen molar-refractivity contribution in [1.29, 1.82) is 0 Å². The summed E-state index contributed by atoms with van der Waals surface area (Å²) in [5.74, 6) is 0. The first-order chi connectivity index (χ1) is 11.4. The maximum atomic E-state index is 4.76. The van der Waals surface area contributed by atoms with Crippen LogP contribution in [0.5, 0.6) is 0 Å². The molecule has 0 bridgehead atoms. The lowest BCUT2D eigenvalue weighted by molar-refractivity contribution is 1.29. The van der Waals surface area contributed by atoms with Gasteiger partial charge in [-0.25, -0.2) is 4.98 Å². The number of aromatic nitrogens is 3. The Labute approximate surface area is 136 Å². The highest BCUT2D eigenvalue weighted by Crippen LogP contribution is 2.38. The molecule has 0 amide bonds. The van der Waals surface area contributed by atoms with Gasteiger partial charge in [-0.05, 0) is 36.4 Å². The number of fused-ring (bicyclic) bond motifs is 4. The molecular weight excluding hydrogens is 302 g/mol. The van der Waals surface area contributed by atoms with Crippen LogP contribution in [0.2, 0.25) is 0 Å². The largest absolute Gasteiger partial charge is 0.255 e. The highest BCUT2D eigenvalue weighted by Gasteiger charge is 2.13. The summed E-state index contributed by atoms with van der Waals surface area (Å²) >= 11 is 1.79. The second-order valence-electron chi connectivity index (χ2n) is 5.37. The van der Waals surface area contributed by atoms with E-state index in [1.807, 2.05) is 30.5 Å². The summed E-state index contributed by atoms with van der Waals surface area (Å²) in [6.07, 6.45) is 3.65. The van der Waals surface area contributed by atoms with Crippen molar-refractivity contribution in [3.8, 4) is 11.4 Å². The zero-order chi connectivity index (χ0) is 15.2. The van der Waals surface area contributed by atoms with E-state index in [-0.39, 0.29) is 0 Å². The van der Waals surface area contributed by atoms with Crippen molar-refractivity contribution < 1.29 is 0 Å².